The number of hydrogen-bond acceptors (Lipinski definition) is 2. The molecule has 3 heteroatoms. The van der Waals surface area contributed by atoms with Crippen LogP contribution < -0.4 is 10.6 Å². The molecule has 0 saturated carbocycles. The summed E-state index contributed by atoms with van der Waals surface area (Å²) in [5.74, 6) is 0.149. The van der Waals surface area contributed by atoms with E-state index >= 15 is 0 Å². The number of carbonyl (C=O) groups excluding carboxylic acids is 1. The predicted molar refractivity (Wildman–Crippen MR) is 76.9 cm³/mol. The topological polar surface area (TPSA) is 46.3 Å². The summed E-state index contributed by atoms with van der Waals surface area (Å²) in [7, 11) is 1.87. The Balaban J connectivity index is 3.02. The van der Waals surface area contributed by atoms with Crippen LogP contribution in [0.1, 0.15) is 37.8 Å². The van der Waals surface area contributed by atoms with Gasteiger partial charge in [-0.15, -0.1) is 0 Å². The van der Waals surface area contributed by atoms with Gasteiger partial charge in [0.1, 0.15) is 0 Å². The van der Waals surface area contributed by atoms with Crippen molar-refractivity contribution in [1.82, 2.24) is 0 Å². The Morgan fingerprint density at radius 1 is 1.22 bits per heavy atom. The first-order valence-electron chi connectivity index (χ1n) is 6.73. The highest BCUT2D eigenvalue weighted by molar-refractivity contribution is 5.94. The summed E-state index contributed by atoms with van der Waals surface area (Å²) in [5, 5.41) is 0. The van der Waals surface area contributed by atoms with Crippen molar-refractivity contribution in [2.45, 2.75) is 39.5 Å². The van der Waals surface area contributed by atoms with Gasteiger partial charge in [0.15, 0.2) is 0 Å². The van der Waals surface area contributed by atoms with E-state index in [1.54, 1.807) is 4.90 Å². The molecule has 0 aromatic heterocycles. The van der Waals surface area contributed by atoms with Gasteiger partial charge in [0, 0.05) is 19.2 Å². The standard InChI is InChI=1S/C15H24N2O/c1-4-12-8-6-9-13(5-2)15(12)17(3)14(18)10-7-11-16/h6,8-9H,4-5,7,10-11,16H2,1-3H3. The third kappa shape index (κ3) is 3.33. The molecule has 2 N–H and O–H groups in total. The van der Waals surface area contributed by atoms with Gasteiger partial charge in [-0.3, -0.25) is 4.79 Å². The van der Waals surface area contributed by atoms with Crippen LogP contribution in [-0.4, -0.2) is 19.5 Å². The van der Waals surface area contributed by atoms with E-state index in [1.165, 1.54) is 11.1 Å². The summed E-state index contributed by atoms with van der Waals surface area (Å²) in [6.45, 7) is 4.81. The molecular weight excluding hydrogens is 224 g/mol. The lowest BCUT2D eigenvalue weighted by Crippen LogP contribution is -2.28. The second-order valence-electron chi connectivity index (χ2n) is 4.48. The van der Waals surface area contributed by atoms with E-state index in [1.807, 2.05) is 7.05 Å². The van der Waals surface area contributed by atoms with Crippen LogP contribution in [-0.2, 0) is 17.6 Å². The number of nitrogens with two attached hydrogens (primary N) is 1. The van der Waals surface area contributed by atoms with Gasteiger partial charge in [0.2, 0.25) is 5.91 Å². The Hall–Kier alpha value is -1.35. The molecule has 0 bridgehead atoms. The van der Waals surface area contributed by atoms with E-state index in [4.69, 9.17) is 5.73 Å². The number of aryl methyl sites for hydroxylation is 2. The quantitative estimate of drug-likeness (QED) is 0.841. The van der Waals surface area contributed by atoms with Crippen LogP contribution in [0.2, 0.25) is 0 Å². The van der Waals surface area contributed by atoms with Gasteiger partial charge >= 0.3 is 0 Å². The summed E-state index contributed by atoms with van der Waals surface area (Å²) in [6.07, 6.45) is 3.16. The van der Waals surface area contributed by atoms with Crippen molar-refractivity contribution in [1.29, 1.82) is 0 Å². The Labute approximate surface area is 110 Å². The minimum Gasteiger partial charge on any atom is -0.330 e. The molecule has 18 heavy (non-hydrogen) atoms. The lowest BCUT2D eigenvalue weighted by Gasteiger charge is -2.23. The van der Waals surface area contributed by atoms with Crippen LogP contribution in [0.3, 0.4) is 0 Å². The molecule has 100 valence electrons. The van der Waals surface area contributed by atoms with E-state index in [9.17, 15) is 4.79 Å². The predicted octanol–water partition coefficient (Wildman–Crippen LogP) is 2.51. The van der Waals surface area contributed by atoms with E-state index < -0.39 is 0 Å². The van der Waals surface area contributed by atoms with Crippen molar-refractivity contribution in [3.63, 3.8) is 0 Å². The Morgan fingerprint density at radius 2 is 1.78 bits per heavy atom. The molecular formula is C15H24N2O. The smallest absolute Gasteiger partial charge is 0.226 e. The number of hydrogen-bond donors (Lipinski definition) is 1. The summed E-state index contributed by atoms with van der Waals surface area (Å²) < 4.78 is 0. The third-order valence-electron chi connectivity index (χ3n) is 3.27. The molecule has 0 aliphatic carbocycles. The molecule has 0 saturated heterocycles. The average Bonchev–Trinajstić information content (AvgIpc) is 2.42. The zero-order valence-electron chi connectivity index (χ0n) is 11.7. The van der Waals surface area contributed by atoms with E-state index in [0.29, 0.717) is 13.0 Å². The Bertz CT molecular complexity index is 379. The zero-order valence-corrected chi connectivity index (χ0v) is 11.7. The van der Waals surface area contributed by atoms with Crippen molar-refractivity contribution in [3.8, 4) is 0 Å². The molecule has 0 fully saturated rings. The molecule has 0 unspecified atom stereocenters. The average molecular weight is 248 g/mol. The summed E-state index contributed by atoms with van der Waals surface area (Å²) in [5.41, 5.74) is 9.01. The summed E-state index contributed by atoms with van der Waals surface area (Å²) >= 11 is 0. The molecule has 0 heterocycles. The van der Waals surface area contributed by atoms with Crippen LogP contribution in [0, 0.1) is 0 Å². The van der Waals surface area contributed by atoms with Gasteiger partial charge in [-0.25, -0.2) is 0 Å². The highest BCUT2D eigenvalue weighted by Gasteiger charge is 2.16. The summed E-state index contributed by atoms with van der Waals surface area (Å²) in [4.78, 5) is 13.9. The minimum atomic E-state index is 0.149. The monoisotopic (exact) mass is 248 g/mol. The first-order valence-corrected chi connectivity index (χ1v) is 6.73. The first-order chi connectivity index (χ1) is 8.65. The van der Waals surface area contributed by atoms with Crippen LogP contribution in [0.15, 0.2) is 18.2 Å². The number of para-hydroxylation sites is 1. The molecule has 0 atom stereocenters. The maximum Gasteiger partial charge on any atom is 0.226 e. The lowest BCUT2D eigenvalue weighted by atomic mass is 10.0. The van der Waals surface area contributed by atoms with Gasteiger partial charge in [-0.1, -0.05) is 32.0 Å². The number of amides is 1. The number of benzene rings is 1. The molecule has 0 radical (unpaired) electrons. The van der Waals surface area contributed by atoms with Gasteiger partial charge in [0.25, 0.3) is 0 Å². The SMILES string of the molecule is CCc1cccc(CC)c1N(C)C(=O)CCCN. The minimum absolute atomic E-state index is 0.149. The van der Waals surface area contributed by atoms with Crippen LogP contribution in [0.25, 0.3) is 0 Å². The molecule has 1 aromatic carbocycles. The van der Waals surface area contributed by atoms with Crippen molar-refractivity contribution < 1.29 is 4.79 Å². The van der Waals surface area contributed by atoms with Crippen molar-refractivity contribution in [2.75, 3.05) is 18.5 Å². The largest absolute Gasteiger partial charge is 0.330 e. The summed E-state index contributed by atoms with van der Waals surface area (Å²) in [6, 6.07) is 6.27. The van der Waals surface area contributed by atoms with Crippen LogP contribution >= 0.6 is 0 Å². The fourth-order valence-corrected chi connectivity index (χ4v) is 2.19. The first kappa shape index (κ1) is 14.7. The van der Waals surface area contributed by atoms with E-state index in [2.05, 4.69) is 32.0 Å². The van der Waals surface area contributed by atoms with Crippen LogP contribution in [0.5, 0.6) is 0 Å². The van der Waals surface area contributed by atoms with Crippen LogP contribution in [0.4, 0.5) is 5.69 Å². The van der Waals surface area contributed by atoms with Gasteiger partial charge in [0.05, 0.1) is 0 Å². The molecule has 0 aliphatic rings. The second kappa shape index (κ2) is 7.17. The second-order valence-corrected chi connectivity index (χ2v) is 4.48. The number of anilines is 1. The normalized spacial score (nSPS) is 10.4. The molecule has 1 rings (SSSR count). The maximum absolute atomic E-state index is 12.1. The van der Waals surface area contributed by atoms with Crippen molar-refractivity contribution in [3.05, 3.63) is 29.3 Å². The van der Waals surface area contributed by atoms with Crippen molar-refractivity contribution >= 4 is 11.6 Å². The molecule has 1 amide bonds. The fourth-order valence-electron chi connectivity index (χ4n) is 2.19. The Kier molecular flexibility index (Phi) is 5.86. The number of nitrogens with zero attached hydrogens (tertiary/aromatic N) is 1. The molecule has 0 aliphatic heterocycles. The third-order valence-corrected chi connectivity index (χ3v) is 3.27. The number of carbonyl (C=O) groups is 1. The van der Waals surface area contributed by atoms with E-state index in [0.717, 1.165) is 24.9 Å². The lowest BCUT2D eigenvalue weighted by molar-refractivity contribution is -0.118. The molecule has 3 nitrogen and oxygen atoms in total. The maximum atomic E-state index is 12.1. The fraction of sp³-hybridized carbons (Fsp3) is 0.533. The number of rotatable bonds is 6. The highest BCUT2D eigenvalue weighted by atomic mass is 16.2. The molecule has 0 spiro atoms. The van der Waals surface area contributed by atoms with Gasteiger partial charge in [-0.2, -0.15) is 0 Å². The van der Waals surface area contributed by atoms with Gasteiger partial charge in [-0.05, 0) is 36.9 Å². The highest BCUT2D eigenvalue weighted by Crippen LogP contribution is 2.26. The van der Waals surface area contributed by atoms with E-state index in [-0.39, 0.29) is 5.91 Å². The molecule has 1 aromatic rings. The van der Waals surface area contributed by atoms with Gasteiger partial charge < -0.3 is 10.6 Å². The Morgan fingerprint density at radius 3 is 2.22 bits per heavy atom. The van der Waals surface area contributed by atoms with Crippen molar-refractivity contribution in [2.24, 2.45) is 5.73 Å². The zero-order chi connectivity index (χ0) is 13.5.